The highest BCUT2D eigenvalue weighted by molar-refractivity contribution is 5.85. The molecule has 0 unspecified atom stereocenters. The molecule has 1 amide bonds. The van der Waals surface area contributed by atoms with Gasteiger partial charge in [0.25, 0.3) is 5.92 Å². The molecule has 0 aliphatic carbocycles. The van der Waals surface area contributed by atoms with E-state index in [9.17, 15) is 13.6 Å². The van der Waals surface area contributed by atoms with Crippen LogP contribution in [0.4, 0.5) is 8.78 Å². The Morgan fingerprint density at radius 3 is 2.38 bits per heavy atom. The molecule has 0 saturated carbocycles. The van der Waals surface area contributed by atoms with Crippen LogP contribution in [-0.2, 0) is 18.3 Å². The standard InChI is InChI=1S/C12H20F2N4O.2ClH/c1-8-10(9(2)18(3)17-8)4-5-11(19)16-7-12(13,14)6-15;;/h4-7,15H2,1-3H3,(H,16,19);2*1H. The first-order valence-electron chi connectivity index (χ1n) is 6.10. The summed E-state index contributed by atoms with van der Waals surface area (Å²) in [6.07, 6.45) is 0.652. The third-order valence-corrected chi connectivity index (χ3v) is 3.10. The number of nitrogens with two attached hydrogens (primary N) is 1. The number of carbonyl (C=O) groups excluding carboxylic acids is 1. The van der Waals surface area contributed by atoms with Crippen LogP contribution in [0.3, 0.4) is 0 Å². The van der Waals surface area contributed by atoms with Crippen LogP contribution >= 0.6 is 24.8 Å². The van der Waals surface area contributed by atoms with Gasteiger partial charge in [-0.25, -0.2) is 8.78 Å². The minimum absolute atomic E-state index is 0. The van der Waals surface area contributed by atoms with Gasteiger partial charge in [-0.2, -0.15) is 5.10 Å². The van der Waals surface area contributed by atoms with Gasteiger partial charge < -0.3 is 11.1 Å². The fourth-order valence-corrected chi connectivity index (χ4v) is 1.81. The number of halogens is 4. The van der Waals surface area contributed by atoms with Crippen molar-refractivity contribution in [3.05, 3.63) is 17.0 Å². The molecule has 0 fully saturated rings. The Kier molecular flexibility index (Phi) is 9.76. The van der Waals surface area contributed by atoms with Gasteiger partial charge in [0, 0.05) is 19.2 Å². The van der Waals surface area contributed by atoms with Crippen LogP contribution in [0.25, 0.3) is 0 Å². The molecule has 1 aromatic rings. The molecule has 5 nitrogen and oxygen atoms in total. The number of amides is 1. The lowest BCUT2D eigenvalue weighted by molar-refractivity contribution is -0.122. The summed E-state index contributed by atoms with van der Waals surface area (Å²) in [6.45, 7) is 2.29. The van der Waals surface area contributed by atoms with Crippen LogP contribution in [-0.4, -0.2) is 34.7 Å². The number of aromatic nitrogens is 2. The summed E-state index contributed by atoms with van der Waals surface area (Å²) in [6, 6.07) is 0. The number of nitrogens with zero attached hydrogens (tertiary/aromatic N) is 2. The lowest BCUT2D eigenvalue weighted by atomic mass is 10.1. The maximum absolute atomic E-state index is 12.9. The van der Waals surface area contributed by atoms with Crippen molar-refractivity contribution in [3.63, 3.8) is 0 Å². The number of aryl methyl sites for hydroxylation is 2. The number of rotatable bonds is 6. The third-order valence-electron chi connectivity index (χ3n) is 3.10. The summed E-state index contributed by atoms with van der Waals surface area (Å²) in [5.41, 5.74) is 7.72. The SMILES string of the molecule is Cc1nn(C)c(C)c1CCC(=O)NCC(F)(F)CN.Cl.Cl. The predicted molar refractivity (Wildman–Crippen MR) is 82.5 cm³/mol. The van der Waals surface area contributed by atoms with E-state index < -0.39 is 24.9 Å². The smallest absolute Gasteiger partial charge is 0.277 e. The van der Waals surface area contributed by atoms with E-state index in [1.54, 1.807) is 4.68 Å². The van der Waals surface area contributed by atoms with E-state index in [0.29, 0.717) is 6.42 Å². The maximum Gasteiger partial charge on any atom is 0.277 e. The molecule has 1 heterocycles. The van der Waals surface area contributed by atoms with Gasteiger partial charge in [-0.05, 0) is 25.8 Å². The normalized spacial score (nSPS) is 10.6. The zero-order valence-corrected chi connectivity index (χ0v) is 13.9. The van der Waals surface area contributed by atoms with Crippen LogP contribution in [0.15, 0.2) is 0 Å². The van der Waals surface area contributed by atoms with Gasteiger partial charge in [-0.1, -0.05) is 0 Å². The van der Waals surface area contributed by atoms with Gasteiger partial charge in [-0.15, -0.1) is 24.8 Å². The molecule has 1 aromatic heterocycles. The summed E-state index contributed by atoms with van der Waals surface area (Å²) in [4.78, 5) is 11.5. The predicted octanol–water partition coefficient (Wildman–Crippen LogP) is 1.52. The molecule has 0 aliphatic heterocycles. The lowest BCUT2D eigenvalue weighted by Gasteiger charge is -2.14. The minimum atomic E-state index is -3.05. The van der Waals surface area contributed by atoms with Crippen molar-refractivity contribution in [3.8, 4) is 0 Å². The van der Waals surface area contributed by atoms with E-state index in [1.807, 2.05) is 20.9 Å². The van der Waals surface area contributed by atoms with Crippen molar-refractivity contribution >= 4 is 30.7 Å². The average Bonchev–Trinajstić information content (AvgIpc) is 2.59. The first-order valence-corrected chi connectivity index (χ1v) is 6.10. The van der Waals surface area contributed by atoms with E-state index in [4.69, 9.17) is 5.73 Å². The fourth-order valence-electron chi connectivity index (χ4n) is 1.81. The molecule has 0 aromatic carbocycles. The van der Waals surface area contributed by atoms with Crippen molar-refractivity contribution < 1.29 is 13.6 Å². The van der Waals surface area contributed by atoms with Gasteiger partial charge in [0.05, 0.1) is 18.8 Å². The zero-order chi connectivity index (χ0) is 14.6. The molecule has 124 valence electrons. The number of carbonyl (C=O) groups is 1. The molecule has 9 heteroatoms. The Balaban J connectivity index is 0. The van der Waals surface area contributed by atoms with Crippen molar-refractivity contribution in [2.45, 2.75) is 32.6 Å². The molecule has 21 heavy (non-hydrogen) atoms. The first-order chi connectivity index (χ1) is 8.76. The van der Waals surface area contributed by atoms with Crippen LogP contribution in [0, 0.1) is 13.8 Å². The molecule has 0 spiro atoms. The molecule has 0 bridgehead atoms. The molecular formula is C12H22Cl2F2N4O. The second kappa shape index (κ2) is 9.17. The van der Waals surface area contributed by atoms with Gasteiger partial charge in [-0.3, -0.25) is 9.48 Å². The first kappa shape index (κ1) is 22.4. The van der Waals surface area contributed by atoms with Crippen molar-refractivity contribution in [2.24, 2.45) is 12.8 Å². The van der Waals surface area contributed by atoms with Crippen LogP contribution in [0.5, 0.6) is 0 Å². The van der Waals surface area contributed by atoms with Crippen molar-refractivity contribution in [1.82, 2.24) is 15.1 Å². The molecule has 1 rings (SSSR count). The van der Waals surface area contributed by atoms with E-state index in [1.165, 1.54) is 0 Å². The summed E-state index contributed by atoms with van der Waals surface area (Å²) in [5.74, 6) is -3.45. The van der Waals surface area contributed by atoms with Crippen molar-refractivity contribution in [2.75, 3.05) is 13.1 Å². The van der Waals surface area contributed by atoms with Crippen molar-refractivity contribution in [1.29, 1.82) is 0 Å². The minimum Gasteiger partial charge on any atom is -0.350 e. The molecule has 0 radical (unpaired) electrons. The highest BCUT2D eigenvalue weighted by Gasteiger charge is 2.27. The quantitative estimate of drug-likeness (QED) is 0.820. The zero-order valence-electron chi connectivity index (χ0n) is 12.3. The van der Waals surface area contributed by atoms with Crippen LogP contribution in [0.1, 0.15) is 23.4 Å². The molecule has 0 saturated heterocycles. The molecule has 0 atom stereocenters. The topological polar surface area (TPSA) is 72.9 Å². The van der Waals surface area contributed by atoms with E-state index in [0.717, 1.165) is 17.0 Å². The largest absolute Gasteiger partial charge is 0.350 e. The molecule has 0 aliphatic rings. The van der Waals surface area contributed by atoms with Crippen LogP contribution in [0.2, 0.25) is 0 Å². The van der Waals surface area contributed by atoms with Crippen LogP contribution < -0.4 is 11.1 Å². The summed E-state index contributed by atoms with van der Waals surface area (Å²) in [7, 11) is 1.83. The van der Waals surface area contributed by atoms with Gasteiger partial charge >= 0.3 is 0 Å². The highest BCUT2D eigenvalue weighted by Crippen LogP contribution is 2.14. The lowest BCUT2D eigenvalue weighted by Crippen LogP contribution is -2.41. The monoisotopic (exact) mass is 346 g/mol. The maximum atomic E-state index is 12.9. The van der Waals surface area contributed by atoms with E-state index in [2.05, 4.69) is 10.4 Å². The van der Waals surface area contributed by atoms with Gasteiger partial charge in [0.2, 0.25) is 5.91 Å². The van der Waals surface area contributed by atoms with E-state index in [-0.39, 0.29) is 31.2 Å². The number of hydrogen-bond donors (Lipinski definition) is 2. The Bertz CT molecular complexity index is 466. The Hall–Kier alpha value is -0.920. The number of nitrogens with one attached hydrogen (secondary N) is 1. The number of alkyl halides is 2. The van der Waals surface area contributed by atoms with Gasteiger partial charge in [0.1, 0.15) is 0 Å². The highest BCUT2D eigenvalue weighted by atomic mass is 35.5. The summed E-state index contributed by atoms with van der Waals surface area (Å²) < 4.78 is 27.5. The third kappa shape index (κ3) is 6.58. The summed E-state index contributed by atoms with van der Waals surface area (Å²) in [5, 5.41) is 6.43. The number of hydrogen-bond acceptors (Lipinski definition) is 3. The Morgan fingerprint density at radius 1 is 1.38 bits per heavy atom. The Morgan fingerprint density at radius 2 is 1.95 bits per heavy atom. The molecule has 3 N–H and O–H groups in total. The van der Waals surface area contributed by atoms with Gasteiger partial charge in [0.15, 0.2) is 0 Å². The average molecular weight is 347 g/mol. The summed E-state index contributed by atoms with van der Waals surface area (Å²) >= 11 is 0. The fraction of sp³-hybridized carbons (Fsp3) is 0.667. The second-order valence-electron chi connectivity index (χ2n) is 4.61. The second-order valence-corrected chi connectivity index (χ2v) is 4.61. The van der Waals surface area contributed by atoms with E-state index >= 15 is 0 Å². The Labute approximate surface area is 135 Å². The molecular weight excluding hydrogens is 325 g/mol.